The molecule has 0 radical (unpaired) electrons. The Morgan fingerprint density at radius 3 is 2.63 bits per heavy atom. The van der Waals surface area contributed by atoms with Crippen LogP contribution in [0.1, 0.15) is 18.4 Å². The van der Waals surface area contributed by atoms with Crippen LogP contribution < -0.4 is 5.32 Å². The highest BCUT2D eigenvalue weighted by atomic mass is 15.1. The van der Waals surface area contributed by atoms with Gasteiger partial charge >= 0.3 is 0 Å². The van der Waals surface area contributed by atoms with E-state index in [0.29, 0.717) is 0 Å². The molecule has 0 aliphatic carbocycles. The van der Waals surface area contributed by atoms with Gasteiger partial charge in [0.15, 0.2) is 0 Å². The number of anilines is 1. The van der Waals surface area contributed by atoms with Gasteiger partial charge in [-0.05, 0) is 63.6 Å². The van der Waals surface area contributed by atoms with Gasteiger partial charge in [-0.2, -0.15) is 0 Å². The monoisotopic (exact) mass is 261 g/mol. The van der Waals surface area contributed by atoms with Crippen LogP contribution in [0.25, 0.3) is 0 Å². The van der Waals surface area contributed by atoms with Crippen molar-refractivity contribution in [3.63, 3.8) is 0 Å². The minimum atomic E-state index is 0.902. The molecule has 1 aliphatic rings. The molecule has 1 aromatic carbocycles. The van der Waals surface area contributed by atoms with Crippen LogP contribution in [-0.4, -0.2) is 50.6 Å². The van der Waals surface area contributed by atoms with Crippen molar-refractivity contribution in [3.05, 3.63) is 29.8 Å². The largest absolute Gasteiger partial charge is 0.388 e. The third-order valence-corrected chi connectivity index (χ3v) is 4.10. The number of rotatable bonds is 6. The third kappa shape index (κ3) is 4.51. The van der Waals surface area contributed by atoms with Crippen LogP contribution in [0, 0.1) is 5.92 Å². The summed E-state index contributed by atoms with van der Waals surface area (Å²) in [5, 5.41) is 3.16. The van der Waals surface area contributed by atoms with Gasteiger partial charge in [-0.15, -0.1) is 0 Å². The summed E-state index contributed by atoms with van der Waals surface area (Å²) in [5.74, 6) is 0.902. The highest BCUT2D eigenvalue weighted by molar-refractivity contribution is 5.43. The molecule has 19 heavy (non-hydrogen) atoms. The Morgan fingerprint density at radius 2 is 2.05 bits per heavy atom. The molecule has 1 N–H and O–H groups in total. The molecule has 1 unspecified atom stereocenters. The average Bonchev–Trinajstić information content (AvgIpc) is 2.83. The summed E-state index contributed by atoms with van der Waals surface area (Å²) >= 11 is 0. The van der Waals surface area contributed by atoms with Gasteiger partial charge < -0.3 is 15.1 Å². The summed E-state index contributed by atoms with van der Waals surface area (Å²) in [6.45, 7) is 4.81. The van der Waals surface area contributed by atoms with Crippen molar-refractivity contribution < 1.29 is 0 Å². The molecule has 1 heterocycles. The molecular formula is C16H27N3. The van der Waals surface area contributed by atoms with E-state index >= 15 is 0 Å². The zero-order valence-electron chi connectivity index (χ0n) is 12.5. The Kier molecular flexibility index (Phi) is 5.23. The highest BCUT2D eigenvalue weighted by Crippen LogP contribution is 2.18. The van der Waals surface area contributed by atoms with Gasteiger partial charge in [0.2, 0.25) is 0 Å². The van der Waals surface area contributed by atoms with E-state index in [4.69, 9.17) is 0 Å². The maximum Gasteiger partial charge on any atom is 0.0337 e. The van der Waals surface area contributed by atoms with Gasteiger partial charge in [-0.1, -0.05) is 12.1 Å². The maximum atomic E-state index is 3.16. The fraction of sp³-hybridized carbons (Fsp3) is 0.625. The summed E-state index contributed by atoms with van der Waals surface area (Å²) in [6, 6.07) is 8.72. The van der Waals surface area contributed by atoms with Crippen molar-refractivity contribution in [1.82, 2.24) is 9.80 Å². The molecular weight excluding hydrogens is 234 g/mol. The van der Waals surface area contributed by atoms with Crippen LogP contribution in [0.15, 0.2) is 24.3 Å². The lowest BCUT2D eigenvalue weighted by atomic mass is 10.0. The molecule has 0 bridgehead atoms. The Bertz CT molecular complexity index is 374. The number of benzene rings is 1. The summed E-state index contributed by atoms with van der Waals surface area (Å²) in [4.78, 5) is 4.88. The third-order valence-electron chi connectivity index (χ3n) is 4.10. The van der Waals surface area contributed by atoms with Gasteiger partial charge in [0.05, 0.1) is 0 Å². The topological polar surface area (TPSA) is 18.5 Å². The molecule has 1 fully saturated rings. The first-order chi connectivity index (χ1) is 9.17. The predicted octanol–water partition coefficient (Wildman–Crippen LogP) is 2.50. The summed E-state index contributed by atoms with van der Waals surface area (Å²) in [6.07, 6.45) is 2.71. The van der Waals surface area contributed by atoms with E-state index in [1.165, 1.54) is 43.7 Å². The molecule has 3 nitrogen and oxygen atoms in total. The van der Waals surface area contributed by atoms with Crippen LogP contribution >= 0.6 is 0 Å². The van der Waals surface area contributed by atoms with Crippen LogP contribution in [0.2, 0.25) is 0 Å². The molecule has 0 aromatic heterocycles. The van der Waals surface area contributed by atoms with E-state index in [1.54, 1.807) is 0 Å². The first-order valence-electron chi connectivity index (χ1n) is 7.31. The number of hydrogen-bond donors (Lipinski definition) is 1. The minimum absolute atomic E-state index is 0.902. The Hall–Kier alpha value is -1.06. The minimum Gasteiger partial charge on any atom is -0.388 e. The summed E-state index contributed by atoms with van der Waals surface area (Å²) < 4.78 is 0. The normalized spacial score (nSPS) is 20.1. The average molecular weight is 261 g/mol. The predicted molar refractivity (Wildman–Crippen MR) is 82.5 cm³/mol. The van der Waals surface area contributed by atoms with E-state index < -0.39 is 0 Å². The molecule has 1 atom stereocenters. The summed E-state index contributed by atoms with van der Waals surface area (Å²) in [5.41, 5.74) is 2.57. The lowest BCUT2D eigenvalue weighted by molar-refractivity contribution is 0.290. The standard InChI is InChI=1S/C16H27N3/c1-17-16-6-4-14(5-7-16)12-18(2)10-8-15-9-11-19(3)13-15/h4-7,15,17H,8-13H2,1-3H3. The van der Waals surface area contributed by atoms with E-state index in [9.17, 15) is 0 Å². The quantitative estimate of drug-likeness (QED) is 0.849. The number of hydrogen-bond acceptors (Lipinski definition) is 3. The SMILES string of the molecule is CNc1ccc(CN(C)CCC2CCN(C)C2)cc1. The van der Waals surface area contributed by atoms with Crippen molar-refractivity contribution in [3.8, 4) is 0 Å². The second-order valence-electron chi connectivity index (χ2n) is 5.89. The molecule has 0 spiro atoms. The van der Waals surface area contributed by atoms with Crippen molar-refractivity contribution >= 4 is 5.69 Å². The van der Waals surface area contributed by atoms with Gasteiger partial charge in [-0.25, -0.2) is 0 Å². The lowest BCUT2D eigenvalue weighted by Crippen LogP contribution is -2.22. The smallest absolute Gasteiger partial charge is 0.0337 e. The van der Waals surface area contributed by atoms with Crippen molar-refractivity contribution in [1.29, 1.82) is 0 Å². The fourth-order valence-electron chi connectivity index (χ4n) is 2.83. The Balaban J connectivity index is 1.72. The van der Waals surface area contributed by atoms with Crippen LogP contribution in [0.3, 0.4) is 0 Å². The number of likely N-dealkylation sites (tertiary alicyclic amines) is 1. The summed E-state index contributed by atoms with van der Waals surface area (Å²) in [7, 11) is 6.41. The van der Waals surface area contributed by atoms with Crippen molar-refractivity contribution in [2.75, 3.05) is 46.1 Å². The first kappa shape index (κ1) is 14.4. The maximum absolute atomic E-state index is 3.16. The van der Waals surface area contributed by atoms with Gasteiger partial charge in [0, 0.05) is 25.8 Å². The first-order valence-corrected chi connectivity index (χ1v) is 7.31. The van der Waals surface area contributed by atoms with E-state index in [1.807, 2.05) is 7.05 Å². The van der Waals surface area contributed by atoms with Gasteiger partial charge in [-0.3, -0.25) is 0 Å². The molecule has 1 saturated heterocycles. The Morgan fingerprint density at radius 1 is 1.32 bits per heavy atom. The number of nitrogens with zero attached hydrogens (tertiary/aromatic N) is 2. The highest BCUT2D eigenvalue weighted by Gasteiger charge is 2.19. The second-order valence-corrected chi connectivity index (χ2v) is 5.89. The van der Waals surface area contributed by atoms with Crippen LogP contribution in [-0.2, 0) is 6.54 Å². The van der Waals surface area contributed by atoms with Crippen LogP contribution in [0.5, 0.6) is 0 Å². The molecule has 1 aromatic rings. The molecule has 2 rings (SSSR count). The van der Waals surface area contributed by atoms with Gasteiger partial charge in [0.1, 0.15) is 0 Å². The lowest BCUT2D eigenvalue weighted by Gasteiger charge is -2.19. The molecule has 0 saturated carbocycles. The fourth-order valence-corrected chi connectivity index (χ4v) is 2.83. The van der Waals surface area contributed by atoms with Gasteiger partial charge in [0.25, 0.3) is 0 Å². The zero-order valence-corrected chi connectivity index (χ0v) is 12.5. The van der Waals surface area contributed by atoms with Crippen LogP contribution in [0.4, 0.5) is 5.69 Å². The van der Waals surface area contributed by atoms with E-state index in [-0.39, 0.29) is 0 Å². The van der Waals surface area contributed by atoms with E-state index in [0.717, 1.165) is 12.5 Å². The van der Waals surface area contributed by atoms with Crippen molar-refractivity contribution in [2.24, 2.45) is 5.92 Å². The number of nitrogens with one attached hydrogen (secondary N) is 1. The van der Waals surface area contributed by atoms with Crippen molar-refractivity contribution in [2.45, 2.75) is 19.4 Å². The zero-order chi connectivity index (χ0) is 13.7. The molecule has 3 heteroatoms. The Labute approximate surface area is 117 Å². The molecule has 0 amide bonds. The van der Waals surface area contributed by atoms with E-state index in [2.05, 4.69) is 53.5 Å². The second kappa shape index (κ2) is 6.92. The molecule has 1 aliphatic heterocycles. The molecule has 106 valence electrons.